The maximum Gasteiger partial charge on any atom is 0.319 e. The van der Waals surface area contributed by atoms with Crippen LogP contribution in [0.3, 0.4) is 0 Å². The molecule has 0 aliphatic carbocycles. The third kappa shape index (κ3) is 5.08. The van der Waals surface area contributed by atoms with Crippen LogP contribution in [0.15, 0.2) is 24.3 Å². The Kier molecular flexibility index (Phi) is 5.35. The number of methoxy groups -OCH3 is 1. The number of nitrogens with one attached hydrogen (secondary N) is 2. The summed E-state index contributed by atoms with van der Waals surface area (Å²) in [6.07, 6.45) is 0.0994. The summed E-state index contributed by atoms with van der Waals surface area (Å²) in [5, 5.41) is 13.9. The SMILES string of the molecule is COC(=O)CC(C)NC(=O)Nc1cccc(C#N)c1. The molecule has 6 nitrogen and oxygen atoms in total. The lowest BCUT2D eigenvalue weighted by molar-refractivity contribution is -0.141. The number of urea groups is 1. The van der Waals surface area contributed by atoms with Gasteiger partial charge < -0.3 is 15.4 Å². The molecule has 0 saturated heterocycles. The number of benzene rings is 1. The van der Waals surface area contributed by atoms with E-state index >= 15 is 0 Å². The molecule has 1 rings (SSSR count). The first kappa shape index (κ1) is 14.5. The van der Waals surface area contributed by atoms with Crippen LogP contribution in [0.5, 0.6) is 0 Å². The standard InChI is InChI=1S/C13H15N3O3/c1-9(6-12(17)19-2)15-13(18)16-11-5-3-4-10(7-11)8-14/h3-5,7,9H,6H2,1-2H3,(H2,15,16,18). The molecular weight excluding hydrogens is 246 g/mol. The minimum Gasteiger partial charge on any atom is -0.469 e. The molecule has 2 amide bonds. The molecule has 0 aliphatic heterocycles. The summed E-state index contributed by atoms with van der Waals surface area (Å²) in [6, 6.07) is 7.75. The van der Waals surface area contributed by atoms with Crippen molar-refractivity contribution >= 4 is 17.7 Å². The van der Waals surface area contributed by atoms with Crippen molar-refractivity contribution < 1.29 is 14.3 Å². The fourth-order valence-electron chi connectivity index (χ4n) is 1.44. The second kappa shape index (κ2) is 7.01. The van der Waals surface area contributed by atoms with Crippen molar-refractivity contribution in [3.8, 4) is 6.07 Å². The van der Waals surface area contributed by atoms with E-state index < -0.39 is 6.03 Å². The Morgan fingerprint density at radius 2 is 2.21 bits per heavy atom. The number of nitriles is 1. The summed E-state index contributed by atoms with van der Waals surface area (Å²) < 4.78 is 4.50. The average molecular weight is 261 g/mol. The summed E-state index contributed by atoms with van der Waals surface area (Å²) in [5.74, 6) is -0.390. The van der Waals surface area contributed by atoms with Gasteiger partial charge in [0, 0.05) is 11.7 Å². The van der Waals surface area contributed by atoms with Crippen molar-refractivity contribution in [3.63, 3.8) is 0 Å². The van der Waals surface area contributed by atoms with E-state index in [0.717, 1.165) is 0 Å². The van der Waals surface area contributed by atoms with Gasteiger partial charge in [0.05, 0.1) is 25.2 Å². The molecule has 0 spiro atoms. The lowest BCUT2D eigenvalue weighted by atomic mass is 10.2. The molecule has 0 saturated carbocycles. The molecule has 6 heteroatoms. The number of ether oxygens (including phenoxy) is 1. The highest BCUT2D eigenvalue weighted by Crippen LogP contribution is 2.09. The van der Waals surface area contributed by atoms with Crippen molar-refractivity contribution in [1.29, 1.82) is 5.26 Å². The zero-order valence-electron chi connectivity index (χ0n) is 10.8. The number of rotatable bonds is 4. The number of hydrogen-bond acceptors (Lipinski definition) is 4. The predicted molar refractivity (Wildman–Crippen MR) is 69.4 cm³/mol. The number of anilines is 1. The van der Waals surface area contributed by atoms with Gasteiger partial charge in [-0.05, 0) is 25.1 Å². The first-order chi connectivity index (χ1) is 9.05. The molecule has 1 aromatic rings. The van der Waals surface area contributed by atoms with E-state index in [0.29, 0.717) is 11.3 Å². The van der Waals surface area contributed by atoms with Gasteiger partial charge in [0.2, 0.25) is 0 Å². The smallest absolute Gasteiger partial charge is 0.319 e. The molecule has 19 heavy (non-hydrogen) atoms. The van der Waals surface area contributed by atoms with Crippen LogP contribution >= 0.6 is 0 Å². The zero-order chi connectivity index (χ0) is 14.3. The van der Waals surface area contributed by atoms with Crippen LogP contribution in [0, 0.1) is 11.3 Å². The largest absolute Gasteiger partial charge is 0.469 e. The van der Waals surface area contributed by atoms with Gasteiger partial charge in [-0.3, -0.25) is 4.79 Å². The van der Waals surface area contributed by atoms with Crippen molar-refractivity contribution in [2.75, 3.05) is 12.4 Å². The highest BCUT2D eigenvalue weighted by atomic mass is 16.5. The molecule has 0 bridgehead atoms. The van der Waals surface area contributed by atoms with Gasteiger partial charge in [-0.25, -0.2) is 4.79 Å². The maximum atomic E-state index is 11.6. The van der Waals surface area contributed by atoms with Crippen LogP contribution in [0.1, 0.15) is 18.9 Å². The third-order valence-electron chi connectivity index (χ3n) is 2.33. The Hall–Kier alpha value is -2.55. The van der Waals surface area contributed by atoms with Gasteiger partial charge in [-0.2, -0.15) is 5.26 Å². The minimum absolute atomic E-state index is 0.0994. The van der Waals surface area contributed by atoms with E-state index in [-0.39, 0.29) is 18.4 Å². The summed E-state index contributed by atoms with van der Waals surface area (Å²) >= 11 is 0. The number of amides is 2. The van der Waals surface area contributed by atoms with E-state index in [1.807, 2.05) is 6.07 Å². The van der Waals surface area contributed by atoms with Crippen LogP contribution in [0.25, 0.3) is 0 Å². The van der Waals surface area contributed by atoms with Crippen molar-refractivity contribution in [3.05, 3.63) is 29.8 Å². The van der Waals surface area contributed by atoms with Gasteiger partial charge in [-0.1, -0.05) is 6.07 Å². The fraction of sp³-hybridized carbons (Fsp3) is 0.308. The van der Waals surface area contributed by atoms with Crippen LogP contribution in [0.4, 0.5) is 10.5 Å². The van der Waals surface area contributed by atoms with Gasteiger partial charge >= 0.3 is 12.0 Å². The summed E-state index contributed by atoms with van der Waals surface area (Å²) in [4.78, 5) is 22.7. The molecule has 0 aliphatic rings. The molecule has 0 heterocycles. The third-order valence-corrected chi connectivity index (χ3v) is 2.33. The Labute approximate surface area is 111 Å². The van der Waals surface area contributed by atoms with E-state index in [1.165, 1.54) is 7.11 Å². The van der Waals surface area contributed by atoms with Gasteiger partial charge in [-0.15, -0.1) is 0 Å². The monoisotopic (exact) mass is 261 g/mol. The van der Waals surface area contributed by atoms with E-state index in [9.17, 15) is 9.59 Å². The molecule has 0 radical (unpaired) electrons. The van der Waals surface area contributed by atoms with Crippen molar-refractivity contribution in [1.82, 2.24) is 5.32 Å². The maximum absolute atomic E-state index is 11.6. The first-order valence-electron chi connectivity index (χ1n) is 5.69. The Balaban J connectivity index is 2.51. The average Bonchev–Trinajstić information content (AvgIpc) is 2.38. The van der Waals surface area contributed by atoms with Gasteiger partial charge in [0.1, 0.15) is 0 Å². The first-order valence-corrected chi connectivity index (χ1v) is 5.69. The highest BCUT2D eigenvalue weighted by molar-refractivity contribution is 5.89. The molecule has 2 N–H and O–H groups in total. The zero-order valence-corrected chi connectivity index (χ0v) is 10.8. The molecule has 1 aromatic carbocycles. The highest BCUT2D eigenvalue weighted by Gasteiger charge is 2.12. The Bertz CT molecular complexity index is 508. The Morgan fingerprint density at radius 1 is 1.47 bits per heavy atom. The van der Waals surface area contributed by atoms with Crippen molar-refractivity contribution in [2.24, 2.45) is 0 Å². The molecule has 0 aromatic heterocycles. The second-order valence-electron chi connectivity index (χ2n) is 3.97. The number of carbonyl (C=O) groups excluding carboxylic acids is 2. The fourth-order valence-corrected chi connectivity index (χ4v) is 1.44. The van der Waals surface area contributed by atoms with E-state index in [4.69, 9.17) is 5.26 Å². The molecular formula is C13H15N3O3. The molecule has 1 unspecified atom stereocenters. The number of carbonyl (C=O) groups is 2. The summed E-state index contributed by atoms with van der Waals surface area (Å²) in [5.41, 5.74) is 0.974. The van der Waals surface area contributed by atoms with Crippen LogP contribution in [-0.2, 0) is 9.53 Å². The number of esters is 1. The van der Waals surface area contributed by atoms with Crippen LogP contribution in [-0.4, -0.2) is 25.2 Å². The number of hydrogen-bond donors (Lipinski definition) is 2. The van der Waals surface area contributed by atoms with E-state index in [2.05, 4.69) is 15.4 Å². The van der Waals surface area contributed by atoms with Crippen molar-refractivity contribution in [2.45, 2.75) is 19.4 Å². The molecule has 0 fully saturated rings. The molecule has 1 atom stereocenters. The molecule has 100 valence electrons. The summed E-state index contributed by atoms with van der Waals surface area (Å²) in [7, 11) is 1.29. The second-order valence-corrected chi connectivity index (χ2v) is 3.97. The summed E-state index contributed by atoms with van der Waals surface area (Å²) in [6.45, 7) is 1.70. The normalized spacial score (nSPS) is 11.0. The lowest BCUT2D eigenvalue weighted by Gasteiger charge is -2.13. The van der Waals surface area contributed by atoms with E-state index in [1.54, 1.807) is 31.2 Å². The lowest BCUT2D eigenvalue weighted by Crippen LogP contribution is -2.37. The topological polar surface area (TPSA) is 91.2 Å². The predicted octanol–water partition coefficient (Wildman–Crippen LogP) is 1.63. The number of nitrogens with zero attached hydrogens (tertiary/aromatic N) is 1. The van der Waals surface area contributed by atoms with Gasteiger partial charge in [0.15, 0.2) is 0 Å². The quantitative estimate of drug-likeness (QED) is 0.806. The van der Waals surface area contributed by atoms with Gasteiger partial charge in [0.25, 0.3) is 0 Å². The van der Waals surface area contributed by atoms with Crippen LogP contribution < -0.4 is 10.6 Å². The Morgan fingerprint density at radius 3 is 2.84 bits per heavy atom. The van der Waals surface area contributed by atoms with Crippen LogP contribution in [0.2, 0.25) is 0 Å². The minimum atomic E-state index is -0.438.